The van der Waals surface area contributed by atoms with E-state index >= 15 is 0 Å². The Kier molecular flexibility index (Phi) is 5.23. The normalized spacial score (nSPS) is 19.4. The van der Waals surface area contributed by atoms with E-state index in [2.05, 4.69) is 15.5 Å². The van der Waals surface area contributed by atoms with Gasteiger partial charge in [0.15, 0.2) is 5.69 Å². The third-order valence-electron chi connectivity index (χ3n) is 3.38. The molecule has 2 heterocycles. The van der Waals surface area contributed by atoms with Crippen LogP contribution in [-0.4, -0.2) is 43.8 Å². The first kappa shape index (κ1) is 16.3. The summed E-state index contributed by atoms with van der Waals surface area (Å²) in [4.78, 5) is 11.7. The van der Waals surface area contributed by atoms with Gasteiger partial charge in [0.05, 0.1) is 11.8 Å². The molecule has 0 bridgehead atoms. The highest BCUT2D eigenvalue weighted by Gasteiger charge is 2.26. The van der Waals surface area contributed by atoms with E-state index in [1.54, 1.807) is 0 Å². The maximum Gasteiger partial charge on any atom is 0.273 e. The molecule has 1 fully saturated rings. The van der Waals surface area contributed by atoms with Crippen LogP contribution in [0.4, 0.5) is 0 Å². The minimum atomic E-state index is -4.02. The van der Waals surface area contributed by atoms with E-state index in [0.717, 1.165) is 25.9 Å². The number of carbonyl (C=O) groups excluding carboxylic acids is 1. The summed E-state index contributed by atoms with van der Waals surface area (Å²) in [5, 5.41) is 8.83. The van der Waals surface area contributed by atoms with Crippen LogP contribution in [0.1, 0.15) is 41.9 Å². The predicted molar refractivity (Wildman–Crippen MR) is 76.9 cm³/mol. The number of H-pyrrole nitrogens is 1. The number of ether oxygens (including phenoxy) is 1. The van der Waals surface area contributed by atoms with Gasteiger partial charge in [-0.15, -0.1) is 0 Å². The fraction of sp³-hybridized carbons (Fsp3) is 0.667. The Hall–Kier alpha value is -1.12. The van der Waals surface area contributed by atoms with Crippen LogP contribution in [0.3, 0.4) is 0 Å². The fourth-order valence-electron chi connectivity index (χ4n) is 2.34. The number of aromatic nitrogens is 2. The Morgan fingerprint density at radius 3 is 2.90 bits per heavy atom. The van der Waals surface area contributed by atoms with Crippen molar-refractivity contribution in [3.63, 3.8) is 0 Å². The molecule has 0 saturated carbocycles. The molecule has 118 valence electrons. The number of hydrogen-bond acceptors (Lipinski definition) is 5. The molecular weight excluding hydrogens is 318 g/mol. The average molecular weight is 336 g/mol. The number of nitrogens with one attached hydrogen (secondary N) is 2. The van der Waals surface area contributed by atoms with Crippen LogP contribution in [0.2, 0.25) is 0 Å². The van der Waals surface area contributed by atoms with Crippen LogP contribution < -0.4 is 5.32 Å². The summed E-state index contributed by atoms with van der Waals surface area (Å²) in [6.45, 7) is 2.65. The van der Waals surface area contributed by atoms with Gasteiger partial charge in [0.1, 0.15) is 4.90 Å². The van der Waals surface area contributed by atoms with Crippen molar-refractivity contribution in [2.75, 3.05) is 13.2 Å². The summed E-state index contributed by atoms with van der Waals surface area (Å²) in [7, 11) is 1.30. The first-order chi connectivity index (χ1) is 9.89. The SMILES string of the molecule is Cc1[nH]nc(C(=O)NCCC2CCCCO2)c1S(=O)(=O)Cl. The van der Waals surface area contributed by atoms with Gasteiger partial charge in [-0.1, -0.05) is 0 Å². The molecule has 0 aliphatic carbocycles. The van der Waals surface area contributed by atoms with Gasteiger partial charge in [0.2, 0.25) is 0 Å². The zero-order chi connectivity index (χ0) is 15.5. The second-order valence-electron chi connectivity index (χ2n) is 5.00. The fourth-order valence-corrected chi connectivity index (χ4v) is 3.68. The molecule has 1 amide bonds. The van der Waals surface area contributed by atoms with Crippen LogP contribution in [0.5, 0.6) is 0 Å². The molecule has 1 aromatic rings. The number of aromatic amines is 1. The largest absolute Gasteiger partial charge is 0.378 e. The zero-order valence-electron chi connectivity index (χ0n) is 11.7. The monoisotopic (exact) mass is 335 g/mol. The lowest BCUT2D eigenvalue weighted by Gasteiger charge is -2.22. The van der Waals surface area contributed by atoms with Crippen LogP contribution in [0.25, 0.3) is 0 Å². The van der Waals surface area contributed by atoms with Gasteiger partial charge in [0.25, 0.3) is 15.0 Å². The molecule has 21 heavy (non-hydrogen) atoms. The zero-order valence-corrected chi connectivity index (χ0v) is 13.3. The van der Waals surface area contributed by atoms with Crippen molar-refractivity contribution in [3.8, 4) is 0 Å². The summed E-state index contributed by atoms with van der Waals surface area (Å²) in [5.74, 6) is -0.561. The van der Waals surface area contributed by atoms with E-state index in [-0.39, 0.29) is 22.4 Å². The van der Waals surface area contributed by atoms with Gasteiger partial charge in [-0.2, -0.15) is 5.10 Å². The van der Waals surface area contributed by atoms with E-state index in [0.29, 0.717) is 13.0 Å². The highest BCUT2D eigenvalue weighted by molar-refractivity contribution is 8.13. The first-order valence-electron chi connectivity index (χ1n) is 6.79. The van der Waals surface area contributed by atoms with E-state index in [4.69, 9.17) is 15.4 Å². The summed E-state index contributed by atoms with van der Waals surface area (Å²) >= 11 is 0. The van der Waals surface area contributed by atoms with Crippen molar-refractivity contribution in [1.29, 1.82) is 0 Å². The Morgan fingerprint density at radius 2 is 2.29 bits per heavy atom. The molecule has 1 atom stereocenters. The van der Waals surface area contributed by atoms with Crippen molar-refractivity contribution in [3.05, 3.63) is 11.4 Å². The lowest BCUT2D eigenvalue weighted by atomic mass is 10.1. The highest BCUT2D eigenvalue weighted by atomic mass is 35.7. The topological polar surface area (TPSA) is 101 Å². The summed E-state index contributed by atoms with van der Waals surface area (Å²) in [6, 6.07) is 0. The number of hydrogen-bond donors (Lipinski definition) is 2. The highest BCUT2D eigenvalue weighted by Crippen LogP contribution is 2.21. The number of halogens is 1. The number of aryl methyl sites for hydroxylation is 1. The molecule has 2 rings (SSSR count). The number of nitrogens with zero attached hydrogens (tertiary/aromatic N) is 1. The minimum Gasteiger partial charge on any atom is -0.378 e. The molecule has 1 aliphatic heterocycles. The van der Waals surface area contributed by atoms with Gasteiger partial charge in [-0.25, -0.2) is 8.42 Å². The number of rotatable bonds is 5. The van der Waals surface area contributed by atoms with Crippen molar-refractivity contribution >= 4 is 25.6 Å². The standard InChI is InChI=1S/C12H18ClN3O4S/c1-8-11(21(13,18)19)10(16-15-8)12(17)14-6-5-9-4-2-3-7-20-9/h9H,2-7H2,1H3,(H,14,17)(H,15,16). The lowest BCUT2D eigenvalue weighted by molar-refractivity contribution is 0.0117. The predicted octanol–water partition coefficient (Wildman–Crippen LogP) is 1.33. The quantitative estimate of drug-likeness (QED) is 0.790. The maximum absolute atomic E-state index is 12.0. The smallest absolute Gasteiger partial charge is 0.273 e. The Bertz CT molecular complexity index is 608. The van der Waals surface area contributed by atoms with E-state index in [1.807, 2.05) is 0 Å². The third kappa shape index (κ3) is 4.18. The van der Waals surface area contributed by atoms with Gasteiger partial charge >= 0.3 is 0 Å². The molecule has 0 aromatic carbocycles. The van der Waals surface area contributed by atoms with Gasteiger partial charge in [-0.05, 0) is 32.6 Å². The molecule has 1 aromatic heterocycles. The number of carbonyl (C=O) groups is 1. The molecule has 9 heteroatoms. The Balaban J connectivity index is 1.95. The van der Waals surface area contributed by atoms with Crippen molar-refractivity contribution in [1.82, 2.24) is 15.5 Å². The molecule has 1 aliphatic rings. The van der Waals surface area contributed by atoms with Gasteiger partial charge in [0, 0.05) is 23.8 Å². The van der Waals surface area contributed by atoms with Gasteiger partial charge in [-0.3, -0.25) is 9.89 Å². The van der Waals surface area contributed by atoms with Crippen molar-refractivity contribution in [2.24, 2.45) is 0 Å². The van der Waals surface area contributed by atoms with E-state index in [1.165, 1.54) is 6.92 Å². The van der Waals surface area contributed by atoms with Crippen LogP contribution in [-0.2, 0) is 13.8 Å². The number of amides is 1. The molecular formula is C12H18ClN3O4S. The van der Waals surface area contributed by atoms with Gasteiger partial charge < -0.3 is 10.1 Å². The van der Waals surface area contributed by atoms with Crippen LogP contribution in [0, 0.1) is 6.92 Å². The minimum absolute atomic E-state index is 0.149. The Morgan fingerprint density at radius 1 is 1.52 bits per heavy atom. The van der Waals surface area contributed by atoms with Crippen molar-refractivity contribution in [2.45, 2.75) is 43.6 Å². The van der Waals surface area contributed by atoms with Crippen LogP contribution >= 0.6 is 10.7 Å². The lowest BCUT2D eigenvalue weighted by Crippen LogP contribution is -2.30. The van der Waals surface area contributed by atoms with E-state index in [9.17, 15) is 13.2 Å². The molecule has 1 unspecified atom stereocenters. The second kappa shape index (κ2) is 6.76. The summed E-state index contributed by atoms with van der Waals surface area (Å²) in [5.41, 5.74) is 0.0397. The van der Waals surface area contributed by atoms with Crippen LogP contribution in [0.15, 0.2) is 4.90 Å². The average Bonchev–Trinajstić information content (AvgIpc) is 2.82. The molecule has 0 spiro atoms. The summed E-state index contributed by atoms with van der Waals surface area (Å²) in [6.07, 6.45) is 4.03. The molecule has 7 nitrogen and oxygen atoms in total. The summed E-state index contributed by atoms with van der Waals surface area (Å²) < 4.78 is 28.5. The molecule has 2 N–H and O–H groups in total. The third-order valence-corrected chi connectivity index (χ3v) is 4.83. The second-order valence-corrected chi connectivity index (χ2v) is 7.50. The molecule has 1 saturated heterocycles. The van der Waals surface area contributed by atoms with E-state index < -0.39 is 15.0 Å². The Labute approximate surface area is 127 Å². The first-order valence-corrected chi connectivity index (χ1v) is 9.10. The van der Waals surface area contributed by atoms with Crippen molar-refractivity contribution < 1.29 is 17.9 Å². The molecule has 0 radical (unpaired) electrons. The maximum atomic E-state index is 12.0.